The molecule has 2 aromatic heterocycles. The predicted molar refractivity (Wildman–Crippen MR) is 88.1 cm³/mol. The number of aryl methyl sites for hydroxylation is 2. The molecule has 0 aliphatic heterocycles. The second-order valence-electron chi connectivity index (χ2n) is 5.79. The zero-order valence-corrected chi connectivity index (χ0v) is 14.1. The molecule has 3 rings (SSSR count). The van der Waals surface area contributed by atoms with Gasteiger partial charge in [-0.3, -0.25) is 4.79 Å². The zero-order chi connectivity index (χ0) is 17.6. The van der Waals surface area contributed by atoms with Gasteiger partial charge in [-0.05, 0) is 30.7 Å². The average molecular weight is 341 g/mol. The Kier molecular flexibility index (Phi) is 5.12. The second kappa shape index (κ2) is 7.65. The fourth-order valence-electron chi connectivity index (χ4n) is 2.29. The Balaban J connectivity index is 1.51. The van der Waals surface area contributed by atoms with Crippen molar-refractivity contribution in [1.29, 1.82) is 0 Å². The first-order valence-corrected chi connectivity index (χ1v) is 8.02. The van der Waals surface area contributed by atoms with Crippen LogP contribution < -0.4 is 5.32 Å². The summed E-state index contributed by atoms with van der Waals surface area (Å²) in [7, 11) is 0. The molecule has 9 nitrogen and oxygen atoms in total. The van der Waals surface area contributed by atoms with Crippen LogP contribution in [-0.2, 0) is 11.3 Å². The van der Waals surface area contributed by atoms with Gasteiger partial charge in [-0.25, -0.2) is 4.68 Å². The highest BCUT2D eigenvalue weighted by Gasteiger charge is 2.17. The number of aromatic nitrogens is 6. The highest BCUT2D eigenvalue weighted by Crippen LogP contribution is 2.19. The predicted octanol–water partition coefficient (Wildman–Crippen LogP) is 1.69. The monoisotopic (exact) mass is 341 g/mol. The second-order valence-corrected chi connectivity index (χ2v) is 5.79. The third kappa shape index (κ3) is 4.46. The fraction of sp³-hybridized carbons (Fsp3) is 0.375. The van der Waals surface area contributed by atoms with Gasteiger partial charge in [0, 0.05) is 18.5 Å². The molecule has 0 unspecified atom stereocenters. The Bertz CT molecular complexity index is 811. The van der Waals surface area contributed by atoms with Gasteiger partial charge in [-0.15, -0.1) is 5.10 Å². The molecular formula is C16H19N7O2. The highest BCUT2D eigenvalue weighted by molar-refractivity contribution is 5.76. The molecule has 130 valence electrons. The summed E-state index contributed by atoms with van der Waals surface area (Å²) in [5.74, 6) is 0.801. The van der Waals surface area contributed by atoms with E-state index in [0.29, 0.717) is 31.1 Å². The summed E-state index contributed by atoms with van der Waals surface area (Å²) in [6, 6.07) is 7.49. The van der Waals surface area contributed by atoms with E-state index in [-0.39, 0.29) is 11.9 Å². The Morgan fingerprint density at radius 1 is 1.32 bits per heavy atom. The van der Waals surface area contributed by atoms with E-state index < -0.39 is 0 Å². The molecular weight excluding hydrogens is 322 g/mol. The first-order chi connectivity index (χ1) is 12.1. The van der Waals surface area contributed by atoms with E-state index in [0.717, 1.165) is 11.1 Å². The van der Waals surface area contributed by atoms with E-state index in [1.54, 1.807) is 4.68 Å². The molecule has 1 N–H and O–H groups in total. The molecule has 0 aliphatic rings. The third-order valence-corrected chi connectivity index (χ3v) is 3.68. The molecule has 3 aromatic rings. The maximum atomic E-state index is 12.0. The number of rotatable bonds is 7. The third-order valence-electron chi connectivity index (χ3n) is 3.68. The highest BCUT2D eigenvalue weighted by atomic mass is 16.5. The largest absolute Gasteiger partial charge is 0.345 e. The van der Waals surface area contributed by atoms with Crippen LogP contribution >= 0.6 is 0 Å². The molecule has 1 atom stereocenters. The Labute approximate surface area is 144 Å². The van der Waals surface area contributed by atoms with E-state index >= 15 is 0 Å². The van der Waals surface area contributed by atoms with E-state index in [1.165, 1.54) is 6.33 Å². The standard InChI is InChI=1S/C16H19N7O2/c1-11-5-7-13(8-6-11)15-19-16(25-20-15)12(2)18-14(24)4-3-9-23-10-17-21-22-23/h5-8,10,12H,3-4,9H2,1-2H3,(H,18,24)/t12-/m0/s1. The summed E-state index contributed by atoms with van der Waals surface area (Å²) in [5, 5.41) is 17.7. The number of amides is 1. The molecule has 1 amide bonds. The van der Waals surface area contributed by atoms with E-state index in [4.69, 9.17) is 4.52 Å². The van der Waals surface area contributed by atoms with Crippen molar-refractivity contribution in [3.05, 3.63) is 42.0 Å². The summed E-state index contributed by atoms with van der Waals surface area (Å²) in [4.78, 5) is 16.4. The molecule has 25 heavy (non-hydrogen) atoms. The molecule has 0 saturated heterocycles. The van der Waals surface area contributed by atoms with Crippen molar-refractivity contribution >= 4 is 5.91 Å². The first-order valence-electron chi connectivity index (χ1n) is 8.02. The van der Waals surface area contributed by atoms with Crippen LogP contribution in [0, 0.1) is 6.92 Å². The Hall–Kier alpha value is -3.10. The number of nitrogens with zero attached hydrogens (tertiary/aromatic N) is 6. The number of hydrogen-bond acceptors (Lipinski definition) is 7. The van der Waals surface area contributed by atoms with E-state index in [2.05, 4.69) is 31.0 Å². The molecule has 0 saturated carbocycles. The SMILES string of the molecule is Cc1ccc(-c2noc([C@H](C)NC(=O)CCCn3cnnn3)n2)cc1. The molecule has 9 heteroatoms. The molecule has 0 radical (unpaired) electrons. The fourth-order valence-corrected chi connectivity index (χ4v) is 2.29. The molecule has 0 spiro atoms. The summed E-state index contributed by atoms with van der Waals surface area (Å²) >= 11 is 0. The van der Waals surface area contributed by atoms with Crippen LogP contribution in [0.3, 0.4) is 0 Å². The molecule has 0 aliphatic carbocycles. The lowest BCUT2D eigenvalue weighted by atomic mass is 10.1. The van der Waals surface area contributed by atoms with Crippen molar-refractivity contribution in [2.45, 2.75) is 39.3 Å². The van der Waals surface area contributed by atoms with E-state index in [9.17, 15) is 4.79 Å². The first kappa shape index (κ1) is 16.7. The van der Waals surface area contributed by atoms with Gasteiger partial charge in [0.1, 0.15) is 12.4 Å². The lowest BCUT2D eigenvalue weighted by Crippen LogP contribution is -2.26. The van der Waals surface area contributed by atoms with Crippen molar-refractivity contribution in [1.82, 2.24) is 35.7 Å². The maximum Gasteiger partial charge on any atom is 0.249 e. The van der Waals surface area contributed by atoms with Gasteiger partial charge in [0.15, 0.2) is 0 Å². The summed E-state index contributed by atoms with van der Waals surface area (Å²) in [5.41, 5.74) is 2.04. The van der Waals surface area contributed by atoms with E-state index in [1.807, 2.05) is 38.1 Å². The summed E-state index contributed by atoms with van der Waals surface area (Å²) in [6.45, 7) is 4.42. The maximum absolute atomic E-state index is 12.0. The van der Waals surface area contributed by atoms with Gasteiger partial charge in [-0.2, -0.15) is 4.98 Å². The van der Waals surface area contributed by atoms with Gasteiger partial charge in [-0.1, -0.05) is 35.0 Å². The Morgan fingerprint density at radius 3 is 2.84 bits per heavy atom. The van der Waals surface area contributed by atoms with Crippen molar-refractivity contribution in [3.8, 4) is 11.4 Å². The van der Waals surface area contributed by atoms with Crippen LogP contribution in [0.4, 0.5) is 0 Å². The van der Waals surface area contributed by atoms with Gasteiger partial charge >= 0.3 is 0 Å². The molecule has 2 heterocycles. The minimum atomic E-state index is -0.354. The van der Waals surface area contributed by atoms with Crippen LogP contribution in [0.15, 0.2) is 35.1 Å². The van der Waals surface area contributed by atoms with Crippen molar-refractivity contribution in [3.63, 3.8) is 0 Å². The van der Waals surface area contributed by atoms with Gasteiger partial charge < -0.3 is 9.84 Å². The molecule has 1 aromatic carbocycles. The number of hydrogen-bond donors (Lipinski definition) is 1. The normalized spacial score (nSPS) is 12.1. The number of tetrazole rings is 1. The average Bonchev–Trinajstić information content (AvgIpc) is 3.27. The van der Waals surface area contributed by atoms with Crippen LogP contribution in [0.1, 0.15) is 37.3 Å². The summed E-state index contributed by atoms with van der Waals surface area (Å²) in [6.07, 6.45) is 2.52. The topological polar surface area (TPSA) is 112 Å². The smallest absolute Gasteiger partial charge is 0.249 e. The minimum absolute atomic E-state index is 0.0874. The van der Waals surface area contributed by atoms with Crippen LogP contribution in [-0.4, -0.2) is 36.3 Å². The van der Waals surface area contributed by atoms with Crippen molar-refractivity contribution in [2.75, 3.05) is 0 Å². The molecule has 0 bridgehead atoms. The zero-order valence-electron chi connectivity index (χ0n) is 14.1. The summed E-state index contributed by atoms with van der Waals surface area (Å²) < 4.78 is 6.85. The number of nitrogens with one attached hydrogen (secondary N) is 1. The van der Waals surface area contributed by atoms with Gasteiger partial charge in [0.25, 0.3) is 0 Å². The van der Waals surface area contributed by atoms with Crippen molar-refractivity contribution in [2.24, 2.45) is 0 Å². The lowest BCUT2D eigenvalue weighted by molar-refractivity contribution is -0.122. The van der Waals surface area contributed by atoms with Crippen LogP contribution in [0.25, 0.3) is 11.4 Å². The van der Waals surface area contributed by atoms with Crippen LogP contribution in [0.2, 0.25) is 0 Å². The van der Waals surface area contributed by atoms with Crippen LogP contribution in [0.5, 0.6) is 0 Å². The lowest BCUT2D eigenvalue weighted by Gasteiger charge is -2.09. The van der Waals surface area contributed by atoms with Crippen molar-refractivity contribution < 1.29 is 9.32 Å². The number of carbonyl (C=O) groups excluding carboxylic acids is 1. The number of benzene rings is 1. The van der Waals surface area contributed by atoms with Gasteiger partial charge in [0.05, 0.1) is 0 Å². The molecule has 0 fully saturated rings. The van der Waals surface area contributed by atoms with Gasteiger partial charge in [0.2, 0.25) is 17.6 Å². The number of carbonyl (C=O) groups is 1. The Morgan fingerprint density at radius 2 is 2.12 bits per heavy atom. The minimum Gasteiger partial charge on any atom is -0.345 e. The quantitative estimate of drug-likeness (QED) is 0.696.